The standard InChI is InChI=1S/C14H16N4/c1-2-4-11-10(3-1)9-12-13(11)16-17-14(12)18-7-5-15-6-8-18/h1-4,15H,5-9H2,(H,16,17). The Morgan fingerprint density at radius 1 is 1.11 bits per heavy atom. The van der Waals surface area contributed by atoms with Crippen LogP contribution in [0, 0.1) is 0 Å². The van der Waals surface area contributed by atoms with E-state index in [-0.39, 0.29) is 0 Å². The molecule has 0 bridgehead atoms. The highest BCUT2D eigenvalue weighted by Crippen LogP contribution is 2.39. The quantitative estimate of drug-likeness (QED) is 0.675. The molecule has 4 heteroatoms. The van der Waals surface area contributed by atoms with Gasteiger partial charge in [0.1, 0.15) is 0 Å². The van der Waals surface area contributed by atoms with Crippen LogP contribution in [0.4, 0.5) is 5.82 Å². The van der Waals surface area contributed by atoms with Crippen molar-refractivity contribution in [3.8, 4) is 11.3 Å². The maximum Gasteiger partial charge on any atom is 0.154 e. The third-order valence-corrected chi connectivity index (χ3v) is 3.92. The van der Waals surface area contributed by atoms with Gasteiger partial charge >= 0.3 is 0 Å². The summed E-state index contributed by atoms with van der Waals surface area (Å²) in [5.74, 6) is 1.16. The molecule has 0 radical (unpaired) electrons. The molecule has 1 aliphatic heterocycles. The summed E-state index contributed by atoms with van der Waals surface area (Å²) in [4.78, 5) is 2.39. The number of nitrogens with zero attached hydrogens (tertiary/aromatic N) is 2. The number of benzene rings is 1. The van der Waals surface area contributed by atoms with Crippen LogP contribution in [0.5, 0.6) is 0 Å². The van der Waals surface area contributed by atoms with Gasteiger partial charge in [0.2, 0.25) is 0 Å². The van der Waals surface area contributed by atoms with Gasteiger partial charge in [-0.2, -0.15) is 5.10 Å². The second kappa shape index (κ2) is 3.85. The Hall–Kier alpha value is -1.81. The molecule has 0 unspecified atom stereocenters. The average Bonchev–Trinajstić information content (AvgIpc) is 2.98. The molecule has 2 heterocycles. The Morgan fingerprint density at radius 2 is 1.94 bits per heavy atom. The summed E-state index contributed by atoms with van der Waals surface area (Å²) in [5.41, 5.74) is 5.33. The number of piperazine rings is 1. The van der Waals surface area contributed by atoms with Gasteiger partial charge in [0.15, 0.2) is 5.82 Å². The van der Waals surface area contributed by atoms with Gasteiger partial charge in [-0.15, -0.1) is 0 Å². The predicted molar refractivity (Wildman–Crippen MR) is 71.9 cm³/mol. The highest BCUT2D eigenvalue weighted by Gasteiger charge is 2.27. The lowest BCUT2D eigenvalue weighted by Crippen LogP contribution is -2.44. The van der Waals surface area contributed by atoms with Crippen LogP contribution in [0.3, 0.4) is 0 Å². The average molecular weight is 240 g/mol. The zero-order chi connectivity index (χ0) is 11.9. The Kier molecular flexibility index (Phi) is 2.17. The third-order valence-electron chi connectivity index (χ3n) is 3.92. The summed E-state index contributed by atoms with van der Waals surface area (Å²) in [7, 11) is 0. The van der Waals surface area contributed by atoms with Gasteiger partial charge < -0.3 is 10.2 Å². The molecule has 0 saturated carbocycles. The van der Waals surface area contributed by atoms with Gasteiger partial charge in [-0.1, -0.05) is 24.3 Å². The molecular formula is C14H16N4. The molecule has 2 N–H and O–H groups in total. The molecule has 1 aromatic heterocycles. The number of hydrogen-bond donors (Lipinski definition) is 2. The van der Waals surface area contributed by atoms with E-state index < -0.39 is 0 Å². The molecule has 1 aliphatic carbocycles. The van der Waals surface area contributed by atoms with E-state index >= 15 is 0 Å². The fourth-order valence-electron chi connectivity index (χ4n) is 2.99. The normalized spacial score (nSPS) is 17.7. The second-order valence-corrected chi connectivity index (χ2v) is 4.97. The van der Waals surface area contributed by atoms with E-state index in [1.807, 2.05) is 0 Å². The zero-order valence-electron chi connectivity index (χ0n) is 10.2. The van der Waals surface area contributed by atoms with Gasteiger partial charge in [0, 0.05) is 43.7 Å². The minimum Gasteiger partial charge on any atom is -0.352 e. The predicted octanol–water partition coefficient (Wildman–Crippen LogP) is 1.39. The summed E-state index contributed by atoms with van der Waals surface area (Å²) in [6, 6.07) is 8.60. The number of aromatic nitrogens is 2. The monoisotopic (exact) mass is 240 g/mol. The molecule has 92 valence electrons. The summed E-state index contributed by atoms with van der Waals surface area (Å²) >= 11 is 0. The Balaban J connectivity index is 1.75. The highest BCUT2D eigenvalue weighted by molar-refractivity contribution is 5.78. The first kappa shape index (κ1) is 10.1. The minimum atomic E-state index is 1.02. The SMILES string of the molecule is c1ccc2c(c1)Cc1c(N3CCNCC3)n[nH]c1-2. The minimum absolute atomic E-state index is 1.02. The number of rotatable bonds is 1. The summed E-state index contributed by atoms with van der Waals surface area (Å²) in [6.07, 6.45) is 1.02. The number of anilines is 1. The first-order valence-electron chi connectivity index (χ1n) is 6.54. The second-order valence-electron chi connectivity index (χ2n) is 4.97. The van der Waals surface area contributed by atoms with Gasteiger partial charge in [-0.3, -0.25) is 5.10 Å². The van der Waals surface area contributed by atoms with Crippen LogP contribution >= 0.6 is 0 Å². The smallest absolute Gasteiger partial charge is 0.154 e. The topological polar surface area (TPSA) is 44.0 Å². The maximum atomic E-state index is 4.53. The Morgan fingerprint density at radius 3 is 2.83 bits per heavy atom. The molecule has 0 spiro atoms. The summed E-state index contributed by atoms with van der Waals surface area (Å²) in [5, 5.41) is 11.1. The maximum absolute atomic E-state index is 4.53. The molecule has 18 heavy (non-hydrogen) atoms. The summed E-state index contributed by atoms with van der Waals surface area (Å²) < 4.78 is 0. The lowest BCUT2D eigenvalue weighted by molar-refractivity contribution is 0.583. The van der Waals surface area contributed by atoms with Crippen molar-refractivity contribution in [2.45, 2.75) is 6.42 Å². The van der Waals surface area contributed by atoms with Crippen LogP contribution < -0.4 is 10.2 Å². The van der Waals surface area contributed by atoms with Gasteiger partial charge in [-0.25, -0.2) is 0 Å². The number of nitrogens with one attached hydrogen (secondary N) is 2. The van der Waals surface area contributed by atoms with E-state index in [0.717, 1.165) is 38.4 Å². The molecule has 4 nitrogen and oxygen atoms in total. The van der Waals surface area contributed by atoms with Crippen molar-refractivity contribution in [2.24, 2.45) is 0 Å². The van der Waals surface area contributed by atoms with E-state index in [1.165, 1.54) is 22.4 Å². The number of aromatic amines is 1. The van der Waals surface area contributed by atoms with Crippen LogP contribution in [0.25, 0.3) is 11.3 Å². The highest BCUT2D eigenvalue weighted by atomic mass is 15.3. The largest absolute Gasteiger partial charge is 0.352 e. The van der Waals surface area contributed by atoms with E-state index in [2.05, 4.69) is 44.7 Å². The number of H-pyrrole nitrogens is 1. The first-order valence-corrected chi connectivity index (χ1v) is 6.54. The molecule has 1 aromatic carbocycles. The molecule has 0 atom stereocenters. The van der Waals surface area contributed by atoms with E-state index in [9.17, 15) is 0 Å². The number of fused-ring (bicyclic) bond motifs is 3. The summed E-state index contributed by atoms with van der Waals surface area (Å²) in [6.45, 7) is 4.20. The van der Waals surface area contributed by atoms with Gasteiger partial charge in [-0.05, 0) is 5.56 Å². The molecule has 2 aliphatic rings. The fourth-order valence-corrected chi connectivity index (χ4v) is 2.99. The van der Waals surface area contributed by atoms with Crippen molar-refractivity contribution in [3.05, 3.63) is 35.4 Å². The lowest BCUT2D eigenvalue weighted by Gasteiger charge is -2.28. The molecular weight excluding hydrogens is 224 g/mol. The van der Waals surface area contributed by atoms with Crippen LogP contribution in [-0.2, 0) is 6.42 Å². The van der Waals surface area contributed by atoms with Crippen molar-refractivity contribution in [1.82, 2.24) is 15.5 Å². The van der Waals surface area contributed by atoms with Crippen molar-refractivity contribution in [3.63, 3.8) is 0 Å². The molecule has 1 fully saturated rings. The first-order chi connectivity index (χ1) is 8.93. The van der Waals surface area contributed by atoms with Crippen LogP contribution in [0.1, 0.15) is 11.1 Å². The third kappa shape index (κ3) is 1.39. The zero-order valence-corrected chi connectivity index (χ0v) is 10.2. The van der Waals surface area contributed by atoms with Gasteiger partial charge in [0.25, 0.3) is 0 Å². The molecule has 0 amide bonds. The van der Waals surface area contributed by atoms with Crippen molar-refractivity contribution in [1.29, 1.82) is 0 Å². The van der Waals surface area contributed by atoms with E-state index in [1.54, 1.807) is 0 Å². The lowest BCUT2D eigenvalue weighted by atomic mass is 10.1. The Labute approximate surface area is 106 Å². The van der Waals surface area contributed by atoms with Crippen LogP contribution in [0.2, 0.25) is 0 Å². The van der Waals surface area contributed by atoms with Crippen LogP contribution in [-0.4, -0.2) is 36.4 Å². The Bertz CT molecular complexity index is 581. The fraction of sp³-hybridized carbons (Fsp3) is 0.357. The van der Waals surface area contributed by atoms with Crippen molar-refractivity contribution >= 4 is 5.82 Å². The van der Waals surface area contributed by atoms with Crippen LogP contribution in [0.15, 0.2) is 24.3 Å². The van der Waals surface area contributed by atoms with E-state index in [0.29, 0.717) is 0 Å². The van der Waals surface area contributed by atoms with Crippen molar-refractivity contribution < 1.29 is 0 Å². The molecule has 1 saturated heterocycles. The number of hydrogen-bond acceptors (Lipinski definition) is 3. The van der Waals surface area contributed by atoms with Crippen molar-refractivity contribution in [2.75, 3.05) is 31.1 Å². The molecule has 2 aromatic rings. The van der Waals surface area contributed by atoms with E-state index in [4.69, 9.17) is 0 Å². The van der Waals surface area contributed by atoms with Gasteiger partial charge in [0.05, 0.1) is 5.69 Å². The molecule has 4 rings (SSSR count).